The molecular weight excluding hydrogens is 354 g/mol. The molecule has 5 nitrogen and oxygen atoms in total. The fourth-order valence-corrected chi connectivity index (χ4v) is 2.98. The quantitative estimate of drug-likeness (QED) is 0.631. The third-order valence-electron chi connectivity index (χ3n) is 4.04. The highest BCUT2D eigenvalue weighted by atomic mass is 35.5. The van der Waals surface area contributed by atoms with Crippen molar-refractivity contribution < 1.29 is 13.9 Å². The van der Waals surface area contributed by atoms with Gasteiger partial charge in [0.15, 0.2) is 6.61 Å². The first kappa shape index (κ1) is 18.0. The van der Waals surface area contributed by atoms with E-state index in [-0.39, 0.29) is 12.5 Å². The molecule has 1 heterocycles. The van der Waals surface area contributed by atoms with Crippen LogP contribution in [0.25, 0.3) is 11.0 Å². The number of ether oxygens (including phenoxy) is 1. The number of para-hydroxylation sites is 1. The second-order valence-electron chi connectivity index (χ2n) is 5.79. The van der Waals surface area contributed by atoms with E-state index < -0.39 is 5.63 Å². The molecule has 0 bridgehead atoms. The Bertz CT molecular complexity index is 998. The number of halogens is 1. The topological polar surface area (TPSA) is 59.8 Å². The van der Waals surface area contributed by atoms with Gasteiger partial charge in [0.2, 0.25) is 0 Å². The van der Waals surface area contributed by atoms with Gasteiger partial charge in [-0.05, 0) is 37.6 Å². The van der Waals surface area contributed by atoms with Crippen LogP contribution in [-0.2, 0) is 4.79 Å². The van der Waals surface area contributed by atoms with Gasteiger partial charge >= 0.3 is 5.63 Å². The lowest BCUT2D eigenvalue weighted by Crippen LogP contribution is -2.34. The van der Waals surface area contributed by atoms with Crippen LogP contribution in [0.5, 0.6) is 5.75 Å². The summed E-state index contributed by atoms with van der Waals surface area (Å²) in [6.07, 6.45) is 0. The molecule has 3 aromatic rings. The van der Waals surface area contributed by atoms with Crippen LogP contribution in [0.2, 0.25) is 5.02 Å². The van der Waals surface area contributed by atoms with E-state index in [9.17, 15) is 9.59 Å². The second-order valence-corrected chi connectivity index (χ2v) is 6.20. The average Bonchev–Trinajstić information content (AvgIpc) is 2.62. The molecule has 2 aromatic carbocycles. The summed E-state index contributed by atoms with van der Waals surface area (Å²) in [4.78, 5) is 25.7. The van der Waals surface area contributed by atoms with Gasteiger partial charge in [-0.1, -0.05) is 29.8 Å². The van der Waals surface area contributed by atoms with Gasteiger partial charge in [-0.2, -0.15) is 0 Å². The summed E-state index contributed by atoms with van der Waals surface area (Å²) >= 11 is 6.26. The van der Waals surface area contributed by atoms with Crippen molar-refractivity contribution in [2.45, 2.75) is 13.8 Å². The molecule has 0 saturated carbocycles. The molecule has 3 rings (SSSR count). The van der Waals surface area contributed by atoms with Crippen molar-refractivity contribution in [3.63, 3.8) is 0 Å². The molecule has 0 spiro atoms. The Balaban J connectivity index is 1.81. The SMILES string of the molecule is CCN(C(=O)COc1cc2oc(=O)cc(C)c2cc1Cl)c1ccccc1. The second kappa shape index (κ2) is 7.62. The van der Waals surface area contributed by atoms with E-state index in [1.54, 1.807) is 17.9 Å². The summed E-state index contributed by atoms with van der Waals surface area (Å²) in [6, 6.07) is 14.0. The number of aryl methyl sites for hydroxylation is 1. The Kier molecular flexibility index (Phi) is 5.28. The largest absolute Gasteiger partial charge is 0.482 e. The molecule has 6 heteroatoms. The third kappa shape index (κ3) is 3.73. The lowest BCUT2D eigenvalue weighted by atomic mass is 10.1. The number of likely N-dealkylation sites (N-methyl/N-ethyl adjacent to an activating group) is 1. The molecule has 0 aliphatic carbocycles. The van der Waals surface area contributed by atoms with Gasteiger partial charge in [0.25, 0.3) is 5.91 Å². The summed E-state index contributed by atoms with van der Waals surface area (Å²) in [5.74, 6) is 0.103. The highest BCUT2D eigenvalue weighted by Crippen LogP contribution is 2.31. The molecule has 0 saturated heterocycles. The van der Waals surface area contributed by atoms with Gasteiger partial charge < -0.3 is 14.1 Å². The van der Waals surface area contributed by atoms with Crippen molar-refractivity contribution >= 4 is 34.2 Å². The van der Waals surface area contributed by atoms with E-state index in [2.05, 4.69) is 0 Å². The smallest absolute Gasteiger partial charge is 0.336 e. The first-order valence-corrected chi connectivity index (χ1v) is 8.59. The molecule has 0 unspecified atom stereocenters. The number of amides is 1. The number of fused-ring (bicyclic) bond motifs is 1. The van der Waals surface area contributed by atoms with Crippen molar-refractivity contribution in [3.05, 3.63) is 69.5 Å². The van der Waals surface area contributed by atoms with Crippen LogP contribution >= 0.6 is 11.6 Å². The van der Waals surface area contributed by atoms with E-state index in [0.717, 1.165) is 16.6 Å². The summed E-state index contributed by atoms with van der Waals surface area (Å²) in [5, 5.41) is 1.08. The van der Waals surface area contributed by atoms with Crippen LogP contribution in [0.3, 0.4) is 0 Å². The van der Waals surface area contributed by atoms with E-state index >= 15 is 0 Å². The van der Waals surface area contributed by atoms with Crippen molar-refractivity contribution in [3.8, 4) is 5.75 Å². The van der Waals surface area contributed by atoms with E-state index in [1.807, 2.05) is 37.3 Å². The van der Waals surface area contributed by atoms with Crippen LogP contribution in [0.1, 0.15) is 12.5 Å². The predicted molar refractivity (Wildman–Crippen MR) is 102 cm³/mol. The number of benzene rings is 2. The number of hydrogen-bond donors (Lipinski definition) is 0. The van der Waals surface area contributed by atoms with Gasteiger partial charge in [0.1, 0.15) is 11.3 Å². The normalized spacial score (nSPS) is 10.7. The summed E-state index contributed by atoms with van der Waals surface area (Å²) in [5.41, 5.74) is 1.50. The standard InChI is InChI=1S/C20H18ClNO4/c1-3-22(14-7-5-4-6-8-14)19(23)12-25-18-11-17-15(10-16(18)21)13(2)9-20(24)26-17/h4-11H,3,12H2,1-2H3. The molecular formula is C20H18ClNO4. The minimum absolute atomic E-state index is 0.177. The summed E-state index contributed by atoms with van der Waals surface area (Å²) in [7, 11) is 0. The maximum atomic E-state index is 12.5. The number of anilines is 1. The first-order valence-electron chi connectivity index (χ1n) is 8.22. The zero-order valence-corrected chi connectivity index (χ0v) is 15.2. The number of rotatable bonds is 5. The van der Waals surface area contributed by atoms with Crippen molar-refractivity contribution in [2.24, 2.45) is 0 Å². The van der Waals surface area contributed by atoms with Gasteiger partial charge in [-0.15, -0.1) is 0 Å². The van der Waals surface area contributed by atoms with Crippen molar-refractivity contribution in [1.29, 1.82) is 0 Å². The van der Waals surface area contributed by atoms with Crippen LogP contribution in [0, 0.1) is 6.92 Å². The molecule has 0 radical (unpaired) electrons. The Morgan fingerprint density at radius 2 is 1.92 bits per heavy atom. The zero-order chi connectivity index (χ0) is 18.7. The lowest BCUT2D eigenvalue weighted by Gasteiger charge is -2.21. The molecule has 0 atom stereocenters. The third-order valence-corrected chi connectivity index (χ3v) is 4.34. The van der Waals surface area contributed by atoms with E-state index in [0.29, 0.717) is 22.9 Å². The molecule has 1 aromatic heterocycles. The van der Waals surface area contributed by atoms with Crippen LogP contribution in [-0.4, -0.2) is 19.1 Å². The first-order chi connectivity index (χ1) is 12.5. The van der Waals surface area contributed by atoms with Crippen LogP contribution < -0.4 is 15.3 Å². The Morgan fingerprint density at radius 1 is 1.19 bits per heavy atom. The minimum atomic E-state index is -0.444. The number of hydrogen-bond acceptors (Lipinski definition) is 4. The Labute approximate surface area is 155 Å². The zero-order valence-electron chi connectivity index (χ0n) is 14.5. The molecule has 1 amide bonds. The molecule has 134 valence electrons. The van der Waals surface area contributed by atoms with Gasteiger partial charge in [-0.3, -0.25) is 4.79 Å². The predicted octanol–water partition coefficient (Wildman–Crippen LogP) is 4.19. The number of nitrogens with zero attached hydrogens (tertiary/aromatic N) is 1. The molecule has 0 fully saturated rings. The van der Waals surface area contributed by atoms with Gasteiger partial charge in [0, 0.05) is 29.8 Å². The van der Waals surface area contributed by atoms with Crippen LogP contribution in [0.15, 0.2) is 57.7 Å². The van der Waals surface area contributed by atoms with E-state index in [4.69, 9.17) is 20.8 Å². The fourth-order valence-electron chi connectivity index (χ4n) is 2.76. The van der Waals surface area contributed by atoms with Crippen molar-refractivity contribution in [1.82, 2.24) is 0 Å². The molecule has 0 aliphatic heterocycles. The maximum absolute atomic E-state index is 12.5. The Morgan fingerprint density at radius 3 is 2.62 bits per heavy atom. The molecule has 26 heavy (non-hydrogen) atoms. The van der Waals surface area contributed by atoms with Gasteiger partial charge in [-0.25, -0.2) is 4.79 Å². The van der Waals surface area contributed by atoms with Gasteiger partial charge in [0.05, 0.1) is 5.02 Å². The molecule has 0 N–H and O–H groups in total. The maximum Gasteiger partial charge on any atom is 0.336 e. The average molecular weight is 372 g/mol. The van der Waals surface area contributed by atoms with Crippen molar-refractivity contribution in [2.75, 3.05) is 18.1 Å². The summed E-state index contributed by atoms with van der Waals surface area (Å²) < 4.78 is 10.8. The molecule has 0 aliphatic rings. The summed E-state index contributed by atoms with van der Waals surface area (Å²) in [6.45, 7) is 4.04. The number of carbonyl (C=O) groups is 1. The van der Waals surface area contributed by atoms with E-state index in [1.165, 1.54) is 12.1 Å². The number of carbonyl (C=O) groups excluding carboxylic acids is 1. The fraction of sp³-hybridized carbons (Fsp3) is 0.200. The lowest BCUT2D eigenvalue weighted by molar-refractivity contribution is -0.120. The monoisotopic (exact) mass is 371 g/mol. The highest BCUT2D eigenvalue weighted by molar-refractivity contribution is 6.32. The highest BCUT2D eigenvalue weighted by Gasteiger charge is 2.16. The minimum Gasteiger partial charge on any atom is -0.482 e. The Hall–Kier alpha value is -2.79. The van der Waals surface area contributed by atoms with Crippen LogP contribution in [0.4, 0.5) is 5.69 Å².